The number of nitrogens with zero attached hydrogens (tertiary/aromatic N) is 4. The number of ether oxygens (including phenoxy) is 1. The number of para-hydroxylation sites is 1. The van der Waals surface area contributed by atoms with Gasteiger partial charge in [-0.3, -0.25) is 19.9 Å². The van der Waals surface area contributed by atoms with E-state index in [1.54, 1.807) is 12.4 Å². The highest BCUT2D eigenvalue weighted by Crippen LogP contribution is 2.20. The minimum absolute atomic E-state index is 0.437. The number of rotatable bonds is 4. The molecular weight excluding hydrogens is 312 g/mol. The minimum atomic E-state index is 0.437. The molecule has 3 heterocycles. The van der Waals surface area contributed by atoms with Crippen molar-refractivity contribution in [3.63, 3.8) is 0 Å². The summed E-state index contributed by atoms with van der Waals surface area (Å²) in [4.78, 5) is 15.5. The van der Waals surface area contributed by atoms with Crippen LogP contribution in [-0.4, -0.2) is 46.2 Å². The summed E-state index contributed by atoms with van der Waals surface area (Å²) in [6, 6.07) is 10.5. The zero-order chi connectivity index (χ0) is 16.9. The van der Waals surface area contributed by atoms with Gasteiger partial charge in [-0.2, -0.15) is 0 Å². The van der Waals surface area contributed by atoms with E-state index in [1.807, 2.05) is 18.5 Å². The Bertz CT molecular complexity index is 819. The zero-order valence-electron chi connectivity index (χ0n) is 14.2. The second-order valence-electron chi connectivity index (χ2n) is 6.56. The van der Waals surface area contributed by atoms with Gasteiger partial charge in [0.15, 0.2) is 0 Å². The Labute approximate surface area is 147 Å². The van der Waals surface area contributed by atoms with Crippen LogP contribution in [-0.2, 0) is 17.7 Å². The van der Waals surface area contributed by atoms with Crippen LogP contribution in [0.1, 0.15) is 11.3 Å². The van der Waals surface area contributed by atoms with Crippen molar-refractivity contribution in [3.8, 4) is 0 Å². The van der Waals surface area contributed by atoms with Gasteiger partial charge in [0.2, 0.25) is 0 Å². The third-order valence-corrected chi connectivity index (χ3v) is 4.67. The molecule has 0 spiro atoms. The van der Waals surface area contributed by atoms with E-state index in [2.05, 4.69) is 44.1 Å². The maximum Gasteiger partial charge on any atom is 0.0705 e. The molecule has 3 aromatic rings. The van der Waals surface area contributed by atoms with E-state index in [0.29, 0.717) is 5.92 Å². The maximum atomic E-state index is 5.83. The molecule has 128 valence electrons. The van der Waals surface area contributed by atoms with Crippen molar-refractivity contribution in [1.82, 2.24) is 19.9 Å². The monoisotopic (exact) mass is 334 g/mol. The molecule has 1 atom stereocenters. The number of hydrogen-bond acceptors (Lipinski definition) is 5. The van der Waals surface area contributed by atoms with Crippen LogP contribution < -0.4 is 0 Å². The van der Waals surface area contributed by atoms with Gasteiger partial charge in [0.25, 0.3) is 0 Å². The molecule has 1 aliphatic heterocycles. The van der Waals surface area contributed by atoms with Crippen molar-refractivity contribution in [2.75, 3.05) is 26.3 Å². The van der Waals surface area contributed by atoms with Crippen molar-refractivity contribution in [2.45, 2.75) is 13.0 Å². The fourth-order valence-electron chi connectivity index (χ4n) is 3.48. The standard InChI is InChI=1S/C20H22N4O/c1-2-4-20-19(3-1)17(5-6-23-20)14-24-9-10-25-15-16(13-24)11-18-12-21-7-8-22-18/h1-8,12,16H,9-11,13-15H2/t16-/m1/s1. The average Bonchev–Trinajstić information content (AvgIpc) is 2.88. The fourth-order valence-corrected chi connectivity index (χ4v) is 3.48. The Morgan fingerprint density at radius 3 is 2.96 bits per heavy atom. The molecule has 0 amide bonds. The minimum Gasteiger partial charge on any atom is -0.380 e. The summed E-state index contributed by atoms with van der Waals surface area (Å²) < 4.78 is 5.83. The van der Waals surface area contributed by atoms with Crippen molar-refractivity contribution >= 4 is 10.9 Å². The summed E-state index contributed by atoms with van der Waals surface area (Å²) in [6.45, 7) is 4.44. The van der Waals surface area contributed by atoms with Gasteiger partial charge in [-0.25, -0.2) is 0 Å². The average molecular weight is 334 g/mol. The Kier molecular flexibility index (Phi) is 4.95. The largest absolute Gasteiger partial charge is 0.380 e. The highest BCUT2D eigenvalue weighted by Gasteiger charge is 2.20. The number of benzene rings is 1. The van der Waals surface area contributed by atoms with Gasteiger partial charge in [-0.1, -0.05) is 18.2 Å². The van der Waals surface area contributed by atoms with E-state index in [-0.39, 0.29) is 0 Å². The van der Waals surface area contributed by atoms with Gasteiger partial charge >= 0.3 is 0 Å². The molecule has 0 aliphatic carbocycles. The van der Waals surface area contributed by atoms with E-state index < -0.39 is 0 Å². The number of fused-ring (bicyclic) bond motifs is 1. The smallest absolute Gasteiger partial charge is 0.0705 e. The molecule has 1 saturated heterocycles. The maximum absolute atomic E-state index is 5.83. The van der Waals surface area contributed by atoms with E-state index in [1.165, 1.54) is 10.9 Å². The van der Waals surface area contributed by atoms with Crippen LogP contribution >= 0.6 is 0 Å². The normalized spacial score (nSPS) is 19.0. The number of hydrogen-bond donors (Lipinski definition) is 0. The summed E-state index contributed by atoms with van der Waals surface area (Å²) in [7, 11) is 0. The van der Waals surface area contributed by atoms with Gasteiger partial charge in [-0.05, 0) is 24.1 Å². The molecular formula is C20H22N4O. The summed E-state index contributed by atoms with van der Waals surface area (Å²) in [5, 5.41) is 1.24. The Hall–Kier alpha value is -2.37. The molecule has 5 nitrogen and oxygen atoms in total. The molecule has 5 heteroatoms. The second kappa shape index (κ2) is 7.68. The van der Waals surface area contributed by atoms with Gasteiger partial charge in [0, 0.05) is 55.7 Å². The predicted molar refractivity (Wildman–Crippen MR) is 97.1 cm³/mol. The molecule has 1 fully saturated rings. The first-order valence-electron chi connectivity index (χ1n) is 8.76. The van der Waals surface area contributed by atoms with E-state index in [4.69, 9.17) is 4.74 Å². The van der Waals surface area contributed by atoms with E-state index in [0.717, 1.165) is 50.5 Å². The van der Waals surface area contributed by atoms with Crippen LogP contribution in [0.3, 0.4) is 0 Å². The third-order valence-electron chi connectivity index (χ3n) is 4.67. The lowest BCUT2D eigenvalue weighted by atomic mass is 10.0. The molecule has 0 bridgehead atoms. The van der Waals surface area contributed by atoms with E-state index >= 15 is 0 Å². The molecule has 1 aliphatic rings. The number of aromatic nitrogens is 3. The molecule has 25 heavy (non-hydrogen) atoms. The van der Waals surface area contributed by atoms with Crippen molar-refractivity contribution in [1.29, 1.82) is 0 Å². The Morgan fingerprint density at radius 1 is 1.08 bits per heavy atom. The quantitative estimate of drug-likeness (QED) is 0.734. The highest BCUT2D eigenvalue weighted by molar-refractivity contribution is 5.81. The SMILES string of the molecule is c1ccc2c(CN3CCOC[C@H](Cc4cnccn4)C3)ccnc2c1. The van der Waals surface area contributed by atoms with Crippen LogP contribution in [0.2, 0.25) is 0 Å². The van der Waals surface area contributed by atoms with Crippen molar-refractivity contribution in [2.24, 2.45) is 5.92 Å². The first-order valence-corrected chi connectivity index (χ1v) is 8.76. The number of pyridine rings is 1. The van der Waals surface area contributed by atoms with Gasteiger partial charge in [0.1, 0.15) is 0 Å². The molecule has 4 rings (SSSR count). The zero-order valence-corrected chi connectivity index (χ0v) is 14.2. The molecule has 2 aromatic heterocycles. The summed E-state index contributed by atoms with van der Waals surface area (Å²) >= 11 is 0. The van der Waals surface area contributed by atoms with Gasteiger partial charge in [-0.15, -0.1) is 0 Å². The van der Waals surface area contributed by atoms with Gasteiger partial charge in [0.05, 0.1) is 24.4 Å². The lowest BCUT2D eigenvalue weighted by Crippen LogP contribution is -2.30. The van der Waals surface area contributed by atoms with Crippen molar-refractivity contribution in [3.05, 3.63) is 66.4 Å². The summed E-state index contributed by atoms with van der Waals surface area (Å²) in [5.74, 6) is 0.437. The van der Waals surface area contributed by atoms with E-state index in [9.17, 15) is 0 Å². The predicted octanol–water partition coefficient (Wildman–Crippen LogP) is 2.72. The topological polar surface area (TPSA) is 51.1 Å². The fraction of sp³-hybridized carbons (Fsp3) is 0.350. The second-order valence-corrected chi connectivity index (χ2v) is 6.56. The van der Waals surface area contributed by atoms with Crippen LogP contribution in [0.5, 0.6) is 0 Å². The molecule has 1 aromatic carbocycles. The Morgan fingerprint density at radius 2 is 2.04 bits per heavy atom. The van der Waals surface area contributed by atoms with Crippen molar-refractivity contribution < 1.29 is 4.74 Å². The van der Waals surface area contributed by atoms with Crippen LogP contribution in [0.4, 0.5) is 0 Å². The first kappa shape index (κ1) is 16.1. The summed E-state index contributed by atoms with van der Waals surface area (Å²) in [6.07, 6.45) is 8.14. The molecule has 0 unspecified atom stereocenters. The lowest BCUT2D eigenvalue weighted by Gasteiger charge is -2.23. The molecule has 0 radical (unpaired) electrons. The third kappa shape index (κ3) is 4.00. The summed E-state index contributed by atoms with van der Waals surface area (Å²) in [5.41, 5.74) is 3.42. The molecule has 0 N–H and O–H groups in total. The van der Waals surface area contributed by atoms with Crippen LogP contribution in [0, 0.1) is 5.92 Å². The van der Waals surface area contributed by atoms with Crippen LogP contribution in [0.25, 0.3) is 10.9 Å². The lowest BCUT2D eigenvalue weighted by molar-refractivity contribution is 0.121. The van der Waals surface area contributed by atoms with Gasteiger partial charge < -0.3 is 4.74 Å². The van der Waals surface area contributed by atoms with Crippen LogP contribution in [0.15, 0.2) is 55.1 Å². The molecule has 0 saturated carbocycles. The Balaban J connectivity index is 1.49. The highest BCUT2D eigenvalue weighted by atomic mass is 16.5. The first-order chi connectivity index (χ1) is 12.4.